The van der Waals surface area contributed by atoms with Gasteiger partial charge in [0.25, 0.3) is 0 Å². The molecule has 3 aliphatic carbocycles. The normalized spacial score (nSPS) is 15.7. The first-order chi connectivity index (χ1) is 57.4. The molecule has 1 aliphatic heterocycles. The molecular weight excluding hydrogens is 1720 g/mol. The van der Waals surface area contributed by atoms with Gasteiger partial charge in [-0.2, -0.15) is 52.7 Å². The van der Waals surface area contributed by atoms with Crippen molar-refractivity contribution >= 4 is 137 Å². The van der Waals surface area contributed by atoms with Crippen molar-refractivity contribution < 1.29 is 85.0 Å². The summed E-state index contributed by atoms with van der Waals surface area (Å²) >= 11 is 24.0. The summed E-state index contributed by atoms with van der Waals surface area (Å²) in [5.74, 6) is -4.70. The lowest BCUT2D eigenvalue weighted by atomic mass is 10.0. The highest BCUT2D eigenvalue weighted by Crippen LogP contribution is 2.42. The zero-order chi connectivity index (χ0) is 86.5. The molecule has 0 radical (unpaired) electrons. The minimum atomic E-state index is -4.54. The van der Waals surface area contributed by atoms with Crippen LogP contribution < -0.4 is 42.1 Å². The average Bonchev–Trinajstić information content (AvgIpc) is 1.56. The van der Waals surface area contributed by atoms with E-state index in [1.54, 1.807) is 55.1 Å². The lowest BCUT2D eigenvalue weighted by Gasteiger charge is -2.35. The number of anilines is 4. The largest absolute Gasteiger partial charge is 0.405 e. The second-order valence-corrected chi connectivity index (χ2v) is 30.1. The molecule has 47 heteroatoms. The number of carbonyl (C=O) groups is 4. The second-order valence-electron chi connectivity index (χ2n) is 28.4. The lowest BCUT2D eigenvalue weighted by Crippen LogP contribution is -2.51. The molecule has 11 N–H and O–H groups in total. The molecule has 3 saturated carbocycles. The third-order valence-corrected chi connectivity index (χ3v) is 19.9. The van der Waals surface area contributed by atoms with E-state index in [1.807, 2.05) is 21.3 Å². The van der Waals surface area contributed by atoms with Crippen LogP contribution in [0.3, 0.4) is 0 Å². The maximum Gasteiger partial charge on any atom is 0.405 e. The number of H-pyrrole nitrogens is 4. The number of fused-ring (bicyclic) bond motifs is 4. The molecule has 0 spiro atoms. The Morgan fingerprint density at radius 1 is 0.455 bits per heavy atom. The van der Waals surface area contributed by atoms with Gasteiger partial charge in [0.2, 0.25) is 23.6 Å². The average molecular weight is 1780 g/mol. The van der Waals surface area contributed by atoms with Crippen LogP contribution in [-0.2, 0) is 19.2 Å². The number of aromatic nitrogens is 16. The molecule has 28 nitrogen and oxygen atoms in total. The van der Waals surface area contributed by atoms with Gasteiger partial charge in [-0.25, -0.2) is 73.0 Å². The molecule has 4 fully saturated rings. The van der Waals surface area contributed by atoms with Gasteiger partial charge in [0.1, 0.15) is 78.3 Å². The number of pyridine rings is 4. The number of amides is 4. The van der Waals surface area contributed by atoms with Gasteiger partial charge in [0.05, 0.1) is 38.7 Å². The van der Waals surface area contributed by atoms with Crippen molar-refractivity contribution in [2.45, 2.75) is 119 Å². The molecule has 0 unspecified atom stereocenters. The minimum absolute atomic E-state index is 0.135. The third kappa shape index (κ3) is 23.1. The first-order valence-corrected chi connectivity index (χ1v) is 38.3. The summed E-state index contributed by atoms with van der Waals surface area (Å²) in [4.78, 5) is 112. The van der Waals surface area contributed by atoms with E-state index in [-0.39, 0.29) is 73.1 Å². The van der Waals surface area contributed by atoms with Crippen LogP contribution in [0.2, 0.25) is 20.1 Å². The van der Waals surface area contributed by atoms with Crippen LogP contribution in [0.1, 0.15) is 70.6 Å². The molecule has 1 saturated heterocycles. The van der Waals surface area contributed by atoms with E-state index in [0.29, 0.717) is 118 Å². The van der Waals surface area contributed by atoms with Crippen LogP contribution >= 0.6 is 46.4 Å². The molecule has 3 atom stereocenters. The summed E-state index contributed by atoms with van der Waals surface area (Å²) in [6.07, 6.45) is 5.09. The molecule has 638 valence electrons. The number of nitrogens with one attached hydrogen (secondary N) is 11. The number of rotatable bonds is 23. The third-order valence-electron chi connectivity index (χ3n) is 19.1. The number of hydrogen-bond donors (Lipinski definition) is 11. The maximum atomic E-state index is 14.7. The highest BCUT2D eigenvalue weighted by Gasteiger charge is 2.52. The van der Waals surface area contributed by atoms with Crippen LogP contribution in [0.15, 0.2) is 105 Å². The molecule has 16 rings (SSSR count). The zero-order valence-electron chi connectivity index (χ0n) is 62.1. The van der Waals surface area contributed by atoms with E-state index in [2.05, 4.69) is 95.7 Å². The van der Waals surface area contributed by atoms with Gasteiger partial charge in [-0.15, -0.1) is 0 Å². The van der Waals surface area contributed by atoms with E-state index in [0.717, 1.165) is 49.7 Å². The highest BCUT2D eigenvalue weighted by atomic mass is 35.5. The first-order valence-electron chi connectivity index (χ1n) is 36.8. The van der Waals surface area contributed by atoms with Gasteiger partial charge in [0.15, 0.2) is 58.2 Å². The van der Waals surface area contributed by atoms with Crippen molar-refractivity contribution in [3.05, 3.63) is 142 Å². The Morgan fingerprint density at radius 2 is 0.843 bits per heavy atom. The number of carbonyl (C=O) groups excluding carboxylic acids is 4. The number of hydrogen-bond acceptors (Lipinski definition) is 20. The Kier molecular flexibility index (Phi) is 26.1. The predicted octanol–water partition coefficient (Wildman–Crippen LogP) is 15.3. The lowest BCUT2D eigenvalue weighted by molar-refractivity contribution is -0.139. The zero-order valence-corrected chi connectivity index (χ0v) is 65.2. The number of halogens is 19. The summed E-state index contributed by atoms with van der Waals surface area (Å²) < 4.78 is 193. The van der Waals surface area contributed by atoms with E-state index >= 15 is 0 Å². The molecule has 0 bridgehead atoms. The van der Waals surface area contributed by atoms with Crippen LogP contribution in [0.4, 0.5) is 89.1 Å². The van der Waals surface area contributed by atoms with Crippen molar-refractivity contribution in [3.8, 4) is 45.6 Å². The van der Waals surface area contributed by atoms with E-state index in [4.69, 9.17) is 46.4 Å². The molecule has 12 aromatic heterocycles. The topological polar surface area (TPSA) is 374 Å². The molecule has 13 heterocycles. The van der Waals surface area contributed by atoms with Crippen molar-refractivity contribution in [2.24, 2.45) is 11.8 Å². The predicted molar refractivity (Wildman–Crippen MR) is 415 cm³/mol. The van der Waals surface area contributed by atoms with Crippen molar-refractivity contribution in [1.29, 1.82) is 0 Å². The van der Waals surface area contributed by atoms with Crippen LogP contribution in [0, 0.1) is 29.3 Å². The van der Waals surface area contributed by atoms with Crippen molar-refractivity contribution in [3.63, 3.8) is 0 Å². The van der Waals surface area contributed by atoms with Crippen LogP contribution in [-0.4, -0.2) is 184 Å². The Morgan fingerprint density at radius 3 is 1.27 bits per heavy atom. The fraction of sp³-hybridized carbons (Fsp3) is 0.351. The SMILES string of the molecule is O=C(NCC(F)(F)F)C1(Nc2nc(-c3c[nH]c4ncc(Cl)cc34)ncc2F)CC1.O=C(NCC(F)(F)F)[C@@H](CC1CC1)Nc1ccnc(-c2c[nH]c3ncc(Cl)cc23)n1.O=C(NCC(F)(F)F)[C@@H](CC1CC1)Nc1nc(-c2c[nH]c3ncc(Cl)cc23)ncc1F.O=C(NCC(F)(F)F)[C@H]1CCCCN1c1nc(-c2c[nH]c3ncc(Cl)cc23)ncc1F. The molecule has 121 heavy (non-hydrogen) atoms. The quantitative estimate of drug-likeness (QED) is 0.0265. The summed E-state index contributed by atoms with van der Waals surface area (Å²) in [7, 11) is 0. The Bertz CT molecular complexity index is 5780. The number of piperidine rings is 1. The molecule has 4 amide bonds. The fourth-order valence-corrected chi connectivity index (χ4v) is 13.4. The second kappa shape index (κ2) is 36.3. The smallest absolute Gasteiger partial charge is 0.358 e. The van der Waals surface area contributed by atoms with Crippen molar-refractivity contribution in [1.82, 2.24) is 101 Å². The number of aromatic amines is 4. The molecular formula is C74H65Cl4F15N24O4. The fourth-order valence-electron chi connectivity index (χ4n) is 12.8. The monoisotopic (exact) mass is 1780 g/mol. The van der Waals surface area contributed by atoms with Crippen LogP contribution in [0.25, 0.3) is 89.7 Å². The number of nitrogens with zero attached hydrogens (tertiary/aromatic N) is 13. The minimum Gasteiger partial charge on any atom is -0.358 e. The van der Waals surface area contributed by atoms with Gasteiger partial charge >= 0.3 is 24.7 Å². The van der Waals surface area contributed by atoms with E-state index in [1.165, 1.54) is 35.9 Å². The molecule has 0 aromatic carbocycles. The summed E-state index contributed by atoms with van der Waals surface area (Å²) in [6, 6.07) is 5.41. The highest BCUT2D eigenvalue weighted by molar-refractivity contribution is 6.32. The standard InChI is InChI=1S/2C19H17ClF4N6O.C19H18ClF3N6O.C17H13ClF4N6O/c20-10-4-11-12(6-26-15(11)25-5-10)16-27-7-13(21)17(30-16)29-14(3-9-1-2-9)18(31)28-8-19(22,23)24;20-10-5-11-12(7-26-15(11)25-6-10)16-27-8-13(21)17(29-16)30-4-2-1-3-14(30)18(31)28-9-19(22,23)24;20-11-6-12-13(8-26-16(12)25-7-11)17-24-4-3-15(29-17)28-14(5-10-1-2-10)18(30)27-9-19(21,22)23;18-8-3-9-10(5-24-12(9)23-4-8)13-25-6-11(19)14(27-13)28-16(1-2-16)15(29)26-7-17(20,21)22/h4-7,9,14H,1-3,8H2,(H,25,26)(H,28,31)(H,27,29,30);5-8,14H,1-4,9H2,(H,25,26)(H,28,31);3-4,6-8,10,14H,1-2,5,9H2,(H,25,26)(H,27,30)(H,24,28,29);3-6H,1-2,7H2,(H,23,24)(H,26,29)(H,25,27,28)/t3*14-;/m111./s1. The molecule has 12 aromatic rings. The van der Waals surface area contributed by atoms with Gasteiger partial charge < -0.3 is 62.1 Å². The summed E-state index contributed by atoms with van der Waals surface area (Å²) in [5.41, 5.74) is 3.09. The maximum absolute atomic E-state index is 14.7. The van der Waals surface area contributed by atoms with Gasteiger partial charge in [-0.3, -0.25) is 19.2 Å². The van der Waals surface area contributed by atoms with E-state index < -0.39 is 116 Å². The first kappa shape index (κ1) is 87.1. The van der Waals surface area contributed by atoms with E-state index in [9.17, 15) is 85.0 Å². The number of alkyl halides is 12. The van der Waals surface area contributed by atoms with Gasteiger partial charge in [-0.1, -0.05) is 72.1 Å². The van der Waals surface area contributed by atoms with Gasteiger partial charge in [-0.05, 0) is 87.1 Å². The Hall–Kier alpha value is -11.7. The van der Waals surface area contributed by atoms with Crippen molar-refractivity contribution in [2.75, 3.05) is 53.6 Å². The Balaban J connectivity index is 0.000000139. The summed E-state index contributed by atoms with van der Waals surface area (Å²) in [5, 5.41) is 20.0. The van der Waals surface area contributed by atoms with Crippen LogP contribution in [0.5, 0.6) is 0 Å². The summed E-state index contributed by atoms with van der Waals surface area (Å²) in [6.45, 7) is -5.46. The molecule has 4 aliphatic rings. The Labute approximate surface area is 692 Å². The van der Waals surface area contributed by atoms with Gasteiger partial charge in [0, 0.05) is 106 Å².